The molecule has 1 aromatic rings. The van der Waals surface area contributed by atoms with Gasteiger partial charge in [0.15, 0.2) is 0 Å². The maximum atomic E-state index is 6.32. The van der Waals surface area contributed by atoms with E-state index in [4.69, 9.17) is 15.2 Å². The lowest BCUT2D eigenvalue weighted by Gasteiger charge is -2.33. The Morgan fingerprint density at radius 3 is 3.00 bits per heavy atom. The molecule has 1 unspecified atom stereocenters. The fourth-order valence-electron chi connectivity index (χ4n) is 1.98. The molecule has 1 aliphatic heterocycles. The first-order valence-corrected chi connectivity index (χ1v) is 5.26. The van der Waals surface area contributed by atoms with Crippen molar-refractivity contribution < 1.29 is 9.47 Å². The number of hydrogen-bond acceptors (Lipinski definition) is 3. The molecule has 1 aliphatic rings. The van der Waals surface area contributed by atoms with Gasteiger partial charge in [-0.15, -0.1) is 0 Å². The van der Waals surface area contributed by atoms with Gasteiger partial charge in [-0.25, -0.2) is 0 Å². The first-order valence-electron chi connectivity index (χ1n) is 5.26. The summed E-state index contributed by atoms with van der Waals surface area (Å²) in [5, 5.41) is 0. The molecule has 1 saturated heterocycles. The van der Waals surface area contributed by atoms with Crippen LogP contribution in [0.1, 0.15) is 18.4 Å². The molecule has 3 nitrogen and oxygen atoms in total. The maximum Gasteiger partial charge on any atom is 0.119 e. The van der Waals surface area contributed by atoms with Crippen LogP contribution < -0.4 is 10.5 Å². The van der Waals surface area contributed by atoms with E-state index in [2.05, 4.69) is 0 Å². The predicted octanol–water partition coefficient (Wildman–Crippen LogP) is 1.66. The van der Waals surface area contributed by atoms with E-state index in [1.165, 1.54) is 0 Å². The van der Waals surface area contributed by atoms with Crippen molar-refractivity contribution in [3.63, 3.8) is 0 Å². The van der Waals surface area contributed by atoms with E-state index >= 15 is 0 Å². The maximum absolute atomic E-state index is 6.32. The van der Waals surface area contributed by atoms with Gasteiger partial charge < -0.3 is 15.2 Å². The van der Waals surface area contributed by atoms with Crippen LogP contribution in [0.4, 0.5) is 0 Å². The van der Waals surface area contributed by atoms with Crippen LogP contribution in [-0.2, 0) is 10.3 Å². The van der Waals surface area contributed by atoms with Crippen molar-refractivity contribution in [2.24, 2.45) is 5.73 Å². The molecular weight excluding hydrogens is 190 g/mol. The van der Waals surface area contributed by atoms with E-state index in [1.54, 1.807) is 7.11 Å². The average molecular weight is 207 g/mol. The Balaban J connectivity index is 2.26. The molecule has 0 bridgehead atoms. The molecule has 0 saturated carbocycles. The summed E-state index contributed by atoms with van der Waals surface area (Å²) < 4.78 is 10.6. The van der Waals surface area contributed by atoms with Crippen LogP contribution in [0.3, 0.4) is 0 Å². The van der Waals surface area contributed by atoms with Gasteiger partial charge in [0.05, 0.1) is 19.3 Å². The number of hydrogen-bond donors (Lipinski definition) is 1. The summed E-state index contributed by atoms with van der Waals surface area (Å²) in [6, 6.07) is 7.93. The summed E-state index contributed by atoms with van der Waals surface area (Å²) in [6.45, 7) is 1.42. The molecule has 1 heterocycles. The van der Waals surface area contributed by atoms with Gasteiger partial charge in [0, 0.05) is 6.61 Å². The zero-order valence-electron chi connectivity index (χ0n) is 9.03. The van der Waals surface area contributed by atoms with Gasteiger partial charge >= 0.3 is 0 Å². The van der Waals surface area contributed by atoms with E-state index in [1.807, 2.05) is 24.3 Å². The molecule has 0 radical (unpaired) electrons. The van der Waals surface area contributed by atoms with Crippen LogP contribution in [0.25, 0.3) is 0 Å². The normalized spacial score (nSPS) is 26.3. The molecule has 0 aromatic heterocycles. The molecule has 1 aromatic carbocycles. The summed E-state index contributed by atoms with van der Waals surface area (Å²) in [4.78, 5) is 0. The van der Waals surface area contributed by atoms with Crippen LogP contribution in [-0.4, -0.2) is 20.3 Å². The highest BCUT2D eigenvalue weighted by molar-refractivity contribution is 5.33. The standard InChI is InChI=1S/C12H17NO2/c1-14-11-5-2-4-10(8-11)12(13)6-3-7-15-9-12/h2,4-5,8H,3,6-7,9,13H2,1H3. The number of methoxy groups -OCH3 is 1. The van der Waals surface area contributed by atoms with E-state index in [9.17, 15) is 0 Å². The lowest BCUT2D eigenvalue weighted by molar-refractivity contribution is 0.0366. The van der Waals surface area contributed by atoms with E-state index in [-0.39, 0.29) is 5.54 Å². The molecule has 2 N–H and O–H groups in total. The summed E-state index contributed by atoms with van der Waals surface area (Å²) in [6.07, 6.45) is 1.99. The zero-order chi connectivity index (χ0) is 10.7. The molecular formula is C12H17NO2. The van der Waals surface area contributed by atoms with Gasteiger partial charge in [-0.2, -0.15) is 0 Å². The third kappa shape index (κ3) is 2.13. The molecule has 82 valence electrons. The SMILES string of the molecule is COc1cccc(C2(N)CCCOC2)c1. The quantitative estimate of drug-likeness (QED) is 0.802. The minimum atomic E-state index is -0.340. The Labute approximate surface area is 90.2 Å². The topological polar surface area (TPSA) is 44.5 Å². The second kappa shape index (κ2) is 4.21. The van der Waals surface area contributed by atoms with Crippen LogP contribution in [0.2, 0.25) is 0 Å². The molecule has 1 fully saturated rings. The molecule has 1 atom stereocenters. The number of ether oxygens (including phenoxy) is 2. The van der Waals surface area contributed by atoms with Crippen molar-refractivity contribution in [3.8, 4) is 5.75 Å². The van der Waals surface area contributed by atoms with E-state index in [0.717, 1.165) is 30.8 Å². The highest BCUT2D eigenvalue weighted by atomic mass is 16.5. The van der Waals surface area contributed by atoms with Crippen LogP contribution >= 0.6 is 0 Å². The van der Waals surface area contributed by atoms with Crippen molar-refractivity contribution >= 4 is 0 Å². The molecule has 0 spiro atoms. The van der Waals surface area contributed by atoms with Crippen molar-refractivity contribution in [3.05, 3.63) is 29.8 Å². The summed E-state index contributed by atoms with van der Waals surface area (Å²) in [5.41, 5.74) is 7.08. The summed E-state index contributed by atoms with van der Waals surface area (Å²) in [7, 11) is 1.67. The van der Waals surface area contributed by atoms with Gasteiger partial charge in [0.25, 0.3) is 0 Å². The number of benzene rings is 1. The Bertz CT molecular complexity index is 332. The largest absolute Gasteiger partial charge is 0.497 e. The first kappa shape index (κ1) is 10.5. The second-order valence-electron chi connectivity index (χ2n) is 4.04. The lowest BCUT2D eigenvalue weighted by Crippen LogP contribution is -2.44. The van der Waals surface area contributed by atoms with E-state index < -0.39 is 0 Å². The van der Waals surface area contributed by atoms with Crippen molar-refractivity contribution in [1.29, 1.82) is 0 Å². The fourth-order valence-corrected chi connectivity index (χ4v) is 1.98. The van der Waals surface area contributed by atoms with Crippen molar-refractivity contribution in [2.45, 2.75) is 18.4 Å². The molecule has 15 heavy (non-hydrogen) atoms. The Hall–Kier alpha value is -1.06. The van der Waals surface area contributed by atoms with Crippen LogP contribution in [0.15, 0.2) is 24.3 Å². The highest BCUT2D eigenvalue weighted by Gasteiger charge is 2.30. The third-order valence-corrected chi connectivity index (χ3v) is 2.92. The van der Waals surface area contributed by atoms with Gasteiger partial charge in [-0.1, -0.05) is 12.1 Å². The summed E-state index contributed by atoms with van der Waals surface area (Å²) >= 11 is 0. The average Bonchev–Trinajstić information content (AvgIpc) is 2.30. The number of rotatable bonds is 2. The van der Waals surface area contributed by atoms with E-state index in [0.29, 0.717) is 6.61 Å². The van der Waals surface area contributed by atoms with Crippen molar-refractivity contribution in [1.82, 2.24) is 0 Å². The first-order chi connectivity index (χ1) is 7.24. The van der Waals surface area contributed by atoms with Gasteiger partial charge in [-0.3, -0.25) is 0 Å². The highest BCUT2D eigenvalue weighted by Crippen LogP contribution is 2.29. The lowest BCUT2D eigenvalue weighted by atomic mass is 9.86. The van der Waals surface area contributed by atoms with Crippen LogP contribution in [0.5, 0.6) is 5.75 Å². The second-order valence-corrected chi connectivity index (χ2v) is 4.04. The molecule has 2 rings (SSSR count). The minimum absolute atomic E-state index is 0.340. The van der Waals surface area contributed by atoms with Crippen molar-refractivity contribution in [2.75, 3.05) is 20.3 Å². The van der Waals surface area contributed by atoms with Gasteiger partial charge in [-0.05, 0) is 30.5 Å². The molecule has 3 heteroatoms. The summed E-state index contributed by atoms with van der Waals surface area (Å²) in [5.74, 6) is 0.850. The van der Waals surface area contributed by atoms with Gasteiger partial charge in [0.2, 0.25) is 0 Å². The predicted molar refractivity (Wildman–Crippen MR) is 58.9 cm³/mol. The van der Waals surface area contributed by atoms with Crippen LogP contribution in [0, 0.1) is 0 Å². The fraction of sp³-hybridized carbons (Fsp3) is 0.500. The zero-order valence-corrected chi connectivity index (χ0v) is 9.03. The monoisotopic (exact) mass is 207 g/mol. The minimum Gasteiger partial charge on any atom is -0.497 e. The third-order valence-electron chi connectivity index (χ3n) is 2.92. The Kier molecular flexibility index (Phi) is 2.93. The molecule has 0 aliphatic carbocycles. The Morgan fingerprint density at radius 1 is 1.47 bits per heavy atom. The number of nitrogens with two attached hydrogens (primary N) is 1. The van der Waals surface area contributed by atoms with Gasteiger partial charge in [0.1, 0.15) is 5.75 Å². The Morgan fingerprint density at radius 2 is 2.33 bits per heavy atom. The smallest absolute Gasteiger partial charge is 0.119 e. The molecule has 0 amide bonds.